The van der Waals surface area contributed by atoms with Gasteiger partial charge in [0.15, 0.2) is 0 Å². The molecule has 1 atom stereocenters. The lowest BCUT2D eigenvalue weighted by Crippen LogP contribution is -2.37. The van der Waals surface area contributed by atoms with Gasteiger partial charge >= 0.3 is 0 Å². The molecule has 5 N–H and O–H groups in total. The van der Waals surface area contributed by atoms with Crippen LogP contribution in [0.4, 0.5) is 11.4 Å². The lowest BCUT2D eigenvalue weighted by atomic mass is 9.98. The van der Waals surface area contributed by atoms with Crippen LogP contribution in [0.15, 0.2) is 12.3 Å². The number of nitrogens with one attached hydrogen (secondary N) is 1. The zero-order valence-corrected chi connectivity index (χ0v) is 18.4. The van der Waals surface area contributed by atoms with E-state index in [0.717, 1.165) is 41.8 Å². The van der Waals surface area contributed by atoms with Crippen LogP contribution in [0.1, 0.15) is 35.4 Å². The number of amides is 2. The molecule has 0 bridgehead atoms. The fourth-order valence-corrected chi connectivity index (χ4v) is 4.79. The zero-order valence-electron chi connectivity index (χ0n) is 16.9. The number of aromatic nitrogens is 1. The predicted octanol–water partition coefficient (Wildman–Crippen LogP) is 2.35. The number of carbonyl (C=O) groups excluding carboxylic acids is 2. The molecule has 0 radical (unpaired) electrons. The van der Waals surface area contributed by atoms with Gasteiger partial charge in [0, 0.05) is 38.1 Å². The molecule has 2 aromatic rings. The number of hydrogen-bond acceptors (Lipinski definition) is 7. The lowest BCUT2D eigenvalue weighted by Gasteiger charge is -2.34. The van der Waals surface area contributed by atoms with E-state index in [9.17, 15) is 9.59 Å². The number of fused-ring (bicyclic) bond motifs is 1. The minimum atomic E-state index is -0.527. The summed E-state index contributed by atoms with van der Waals surface area (Å²) in [5.74, 6) is 0.353. The Bertz CT molecular complexity index is 891. The summed E-state index contributed by atoms with van der Waals surface area (Å²) in [4.78, 5) is 31.0. The molecule has 2 aromatic heterocycles. The first-order valence-corrected chi connectivity index (χ1v) is 11.5. The van der Waals surface area contributed by atoms with E-state index in [2.05, 4.69) is 15.2 Å². The molecular formula is C20H28ClN5O3S. The number of nitrogens with two attached hydrogens (primary N) is 2. The first kappa shape index (κ1) is 22.6. The number of thiophene rings is 1. The summed E-state index contributed by atoms with van der Waals surface area (Å²) in [7, 11) is 0. The second-order valence-corrected chi connectivity index (χ2v) is 8.77. The minimum absolute atomic E-state index is 0.00785. The van der Waals surface area contributed by atoms with Crippen molar-refractivity contribution >= 4 is 56.3 Å². The number of piperidine rings is 1. The van der Waals surface area contributed by atoms with E-state index in [1.165, 1.54) is 11.3 Å². The average molecular weight is 454 g/mol. The summed E-state index contributed by atoms with van der Waals surface area (Å²) in [6, 6.07) is 1.94. The fraction of sp³-hybridized carbons (Fsp3) is 0.550. The lowest BCUT2D eigenvalue weighted by molar-refractivity contribution is -0.121. The molecule has 1 fully saturated rings. The van der Waals surface area contributed by atoms with E-state index >= 15 is 0 Å². The normalized spacial score (nSPS) is 16.7. The van der Waals surface area contributed by atoms with E-state index in [1.807, 2.05) is 6.07 Å². The summed E-state index contributed by atoms with van der Waals surface area (Å²) in [5.41, 5.74) is 13.1. The van der Waals surface area contributed by atoms with Crippen LogP contribution >= 0.6 is 22.9 Å². The smallest absolute Gasteiger partial charge is 0.260 e. The third-order valence-electron chi connectivity index (χ3n) is 5.15. The SMILES string of the molecule is NC(=O)c1sc2nccc(N3CCCC(COCCNC(=O)CCCCl)C3)c2c1N. The van der Waals surface area contributed by atoms with Crippen LogP contribution in [-0.2, 0) is 9.53 Å². The van der Waals surface area contributed by atoms with Gasteiger partial charge in [0.05, 0.1) is 30.0 Å². The number of rotatable bonds is 10. The van der Waals surface area contributed by atoms with Gasteiger partial charge in [0.25, 0.3) is 5.91 Å². The summed E-state index contributed by atoms with van der Waals surface area (Å²) in [5, 5.41) is 3.64. The molecule has 1 unspecified atom stereocenters. The number of primary amides is 1. The van der Waals surface area contributed by atoms with Crippen LogP contribution in [0.2, 0.25) is 0 Å². The molecule has 0 aliphatic carbocycles. The molecular weight excluding hydrogens is 426 g/mol. The number of pyridine rings is 1. The minimum Gasteiger partial charge on any atom is -0.397 e. The van der Waals surface area contributed by atoms with Gasteiger partial charge in [0.2, 0.25) is 5.91 Å². The Morgan fingerprint density at radius 1 is 1.43 bits per heavy atom. The molecule has 10 heteroatoms. The highest BCUT2D eigenvalue weighted by Gasteiger charge is 2.25. The van der Waals surface area contributed by atoms with Crippen LogP contribution in [0.25, 0.3) is 10.2 Å². The fourth-order valence-electron chi connectivity index (χ4n) is 3.72. The highest BCUT2D eigenvalue weighted by molar-refractivity contribution is 7.21. The Morgan fingerprint density at radius 3 is 3.03 bits per heavy atom. The molecule has 30 heavy (non-hydrogen) atoms. The quantitative estimate of drug-likeness (QED) is 0.374. The number of anilines is 2. The molecule has 0 aromatic carbocycles. The van der Waals surface area contributed by atoms with Crippen molar-refractivity contribution in [1.82, 2.24) is 10.3 Å². The summed E-state index contributed by atoms with van der Waals surface area (Å²) in [6.45, 7) is 3.37. The number of alkyl halides is 1. The topological polar surface area (TPSA) is 124 Å². The van der Waals surface area contributed by atoms with Gasteiger partial charge in [-0.05, 0) is 31.2 Å². The molecule has 1 aliphatic heterocycles. The summed E-state index contributed by atoms with van der Waals surface area (Å²) < 4.78 is 5.80. The maximum absolute atomic E-state index is 11.7. The summed E-state index contributed by atoms with van der Waals surface area (Å²) in [6.07, 6.45) is 5.00. The van der Waals surface area contributed by atoms with Crippen molar-refractivity contribution < 1.29 is 14.3 Å². The van der Waals surface area contributed by atoms with Crippen molar-refractivity contribution in [2.45, 2.75) is 25.7 Å². The van der Waals surface area contributed by atoms with Gasteiger partial charge in [-0.3, -0.25) is 9.59 Å². The van der Waals surface area contributed by atoms with Gasteiger partial charge in [-0.15, -0.1) is 22.9 Å². The Kier molecular flexibility index (Phi) is 8.12. The maximum Gasteiger partial charge on any atom is 0.260 e. The van der Waals surface area contributed by atoms with Crippen molar-refractivity contribution in [2.75, 3.05) is 49.4 Å². The molecule has 3 heterocycles. The van der Waals surface area contributed by atoms with Gasteiger partial charge in [-0.25, -0.2) is 4.98 Å². The van der Waals surface area contributed by atoms with E-state index in [1.54, 1.807) is 6.20 Å². The van der Waals surface area contributed by atoms with Crippen LogP contribution in [0.3, 0.4) is 0 Å². The van der Waals surface area contributed by atoms with Crippen molar-refractivity contribution in [3.8, 4) is 0 Å². The van der Waals surface area contributed by atoms with E-state index in [0.29, 0.717) is 55.0 Å². The third kappa shape index (κ3) is 5.53. The van der Waals surface area contributed by atoms with Gasteiger partial charge in [-0.2, -0.15) is 0 Å². The van der Waals surface area contributed by atoms with Crippen molar-refractivity contribution in [2.24, 2.45) is 11.7 Å². The molecule has 3 rings (SSSR count). The first-order chi connectivity index (χ1) is 14.5. The highest BCUT2D eigenvalue weighted by Crippen LogP contribution is 2.39. The number of hydrogen-bond donors (Lipinski definition) is 3. The molecule has 1 saturated heterocycles. The molecule has 8 nitrogen and oxygen atoms in total. The van der Waals surface area contributed by atoms with Crippen LogP contribution in [0, 0.1) is 5.92 Å². The number of ether oxygens (including phenoxy) is 1. The van der Waals surface area contributed by atoms with Crippen molar-refractivity contribution in [3.05, 3.63) is 17.1 Å². The molecule has 2 amide bonds. The number of nitrogen functional groups attached to an aromatic ring is 1. The maximum atomic E-state index is 11.7. The standard InChI is InChI=1S/C20H28ClN5O3S/c21-6-1-4-15(27)24-8-10-29-12-13-3-2-9-26(11-13)14-5-7-25-20-16(14)17(22)18(30-20)19(23)28/h5,7,13H,1-4,6,8-12,22H2,(H2,23,28)(H,24,27). The van der Waals surface area contributed by atoms with E-state index < -0.39 is 5.91 Å². The molecule has 0 spiro atoms. The third-order valence-corrected chi connectivity index (χ3v) is 6.55. The highest BCUT2D eigenvalue weighted by atomic mass is 35.5. The van der Waals surface area contributed by atoms with Gasteiger partial charge in [-0.1, -0.05) is 0 Å². The zero-order chi connectivity index (χ0) is 21.5. The van der Waals surface area contributed by atoms with Crippen LogP contribution in [-0.4, -0.2) is 55.5 Å². The second kappa shape index (κ2) is 10.8. The number of carbonyl (C=O) groups is 2. The Hall–Kier alpha value is -2.10. The summed E-state index contributed by atoms with van der Waals surface area (Å²) >= 11 is 6.82. The number of halogens is 1. The average Bonchev–Trinajstić information content (AvgIpc) is 3.09. The second-order valence-electron chi connectivity index (χ2n) is 7.39. The van der Waals surface area contributed by atoms with Crippen molar-refractivity contribution in [1.29, 1.82) is 0 Å². The molecule has 1 aliphatic rings. The largest absolute Gasteiger partial charge is 0.397 e. The monoisotopic (exact) mass is 453 g/mol. The number of nitrogens with zero attached hydrogens (tertiary/aromatic N) is 2. The Morgan fingerprint density at radius 2 is 2.27 bits per heavy atom. The predicted molar refractivity (Wildman–Crippen MR) is 121 cm³/mol. The van der Waals surface area contributed by atoms with Gasteiger partial charge < -0.3 is 26.4 Å². The molecule has 0 saturated carbocycles. The van der Waals surface area contributed by atoms with Crippen LogP contribution in [0.5, 0.6) is 0 Å². The van der Waals surface area contributed by atoms with Crippen LogP contribution < -0.4 is 21.7 Å². The van der Waals surface area contributed by atoms with E-state index in [4.69, 9.17) is 27.8 Å². The van der Waals surface area contributed by atoms with Gasteiger partial charge in [0.1, 0.15) is 9.71 Å². The molecule has 164 valence electrons. The van der Waals surface area contributed by atoms with Crippen molar-refractivity contribution in [3.63, 3.8) is 0 Å². The first-order valence-electron chi connectivity index (χ1n) is 10.1. The Balaban J connectivity index is 1.55. The Labute approximate surface area is 184 Å². The van der Waals surface area contributed by atoms with E-state index in [-0.39, 0.29) is 5.91 Å².